The number of para-hydroxylation sites is 1. The summed E-state index contributed by atoms with van der Waals surface area (Å²) in [5, 5.41) is 10.2. The number of imide groups is 1. The van der Waals surface area contributed by atoms with E-state index in [-0.39, 0.29) is 11.8 Å². The molecule has 0 aromatic heterocycles. The molecular formula is C17H13ClN4O2. The van der Waals surface area contributed by atoms with Crippen LogP contribution in [0.1, 0.15) is 5.56 Å². The van der Waals surface area contributed by atoms with Gasteiger partial charge in [-0.3, -0.25) is 14.6 Å². The summed E-state index contributed by atoms with van der Waals surface area (Å²) in [4.78, 5) is 26.5. The number of hydrogen-bond donors (Lipinski definition) is 0. The molecule has 2 atom stereocenters. The van der Waals surface area contributed by atoms with Crippen molar-refractivity contribution in [3.63, 3.8) is 0 Å². The van der Waals surface area contributed by atoms with Crippen molar-refractivity contribution in [1.82, 2.24) is 5.01 Å². The highest BCUT2D eigenvalue weighted by Crippen LogP contribution is 2.32. The van der Waals surface area contributed by atoms with Crippen molar-refractivity contribution in [2.75, 3.05) is 4.90 Å². The molecule has 1 fully saturated rings. The summed E-state index contributed by atoms with van der Waals surface area (Å²) in [6.07, 6.45) is 0. The normalized spacial score (nSPS) is 22.4. The zero-order valence-corrected chi connectivity index (χ0v) is 13.3. The van der Waals surface area contributed by atoms with Gasteiger partial charge in [-0.05, 0) is 29.8 Å². The Bertz CT molecular complexity index is 822. The molecule has 0 spiro atoms. The Morgan fingerprint density at radius 1 is 0.958 bits per heavy atom. The van der Waals surface area contributed by atoms with Gasteiger partial charge in [0.15, 0.2) is 12.1 Å². The van der Waals surface area contributed by atoms with Crippen LogP contribution in [0.2, 0.25) is 5.02 Å². The number of amides is 2. The van der Waals surface area contributed by atoms with E-state index in [1.807, 2.05) is 18.2 Å². The maximum atomic E-state index is 12.8. The maximum Gasteiger partial charge on any atom is 0.263 e. The summed E-state index contributed by atoms with van der Waals surface area (Å²) in [5.41, 5.74) is 1.50. The summed E-state index contributed by atoms with van der Waals surface area (Å²) >= 11 is 5.89. The van der Waals surface area contributed by atoms with E-state index in [2.05, 4.69) is 10.3 Å². The fourth-order valence-corrected chi connectivity index (χ4v) is 3.09. The summed E-state index contributed by atoms with van der Waals surface area (Å²) in [6.45, 7) is 0.392. The van der Waals surface area contributed by atoms with Crippen LogP contribution in [0.5, 0.6) is 0 Å². The largest absolute Gasteiger partial charge is 0.271 e. The number of hydrogen-bond acceptors (Lipinski definition) is 5. The third-order valence-electron chi connectivity index (χ3n) is 4.13. The van der Waals surface area contributed by atoms with Gasteiger partial charge < -0.3 is 0 Å². The number of nitrogens with zero attached hydrogens (tertiary/aromatic N) is 4. The molecule has 120 valence electrons. The number of halogens is 1. The molecule has 0 saturated carbocycles. The van der Waals surface area contributed by atoms with Crippen LogP contribution in [0.25, 0.3) is 0 Å². The molecule has 0 aliphatic carbocycles. The third kappa shape index (κ3) is 2.35. The fourth-order valence-electron chi connectivity index (χ4n) is 2.96. The highest BCUT2D eigenvalue weighted by atomic mass is 35.5. The van der Waals surface area contributed by atoms with Crippen LogP contribution < -0.4 is 4.90 Å². The predicted octanol–water partition coefficient (Wildman–Crippen LogP) is 2.83. The second-order valence-electron chi connectivity index (χ2n) is 5.67. The van der Waals surface area contributed by atoms with Gasteiger partial charge in [0.05, 0.1) is 12.2 Å². The molecule has 2 heterocycles. The van der Waals surface area contributed by atoms with E-state index in [0.29, 0.717) is 17.3 Å². The topological polar surface area (TPSA) is 65.3 Å². The minimum absolute atomic E-state index is 0.296. The molecule has 24 heavy (non-hydrogen) atoms. The number of fused-ring (bicyclic) bond motifs is 1. The first-order chi connectivity index (χ1) is 11.6. The van der Waals surface area contributed by atoms with Gasteiger partial charge in [-0.1, -0.05) is 47.2 Å². The van der Waals surface area contributed by atoms with Crippen molar-refractivity contribution in [1.29, 1.82) is 0 Å². The van der Waals surface area contributed by atoms with Crippen molar-refractivity contribution in [2.45, 2.75) is 18.6 Å². The first kappa shape index (κ1) is 14.8. The summed E-state index contributed by atoms with van der Waals surface area (Å²) in [5.74, 6) is -0.631. The van der Waals surface area contributed by atoms with Gasteiger partial charge in [-0.2, -0.15) is 5.11 Å². The zero-order chi connectivity index (χ0) is 16.7. The van der Waals surface area contributed by atoms with Crippen LogP contribution >= 0.6 is 11.6 Å². The van der Waals surface area contributed by atoms with Crippen molar-refractivity contribution >= 4 is 29.1 Å². The average Bonchev–Trinajstić information content (AvgIpc) is 3.11. The van der Waals surface area contributed by atoms with Crippen LogP contribution in [0.3, 0.4) is 0 Å². The fraction of sp³-hybridized carbons (Fsp3) is 0.176. The number of anilines is 1. The van der Waals surface area contributed by atoms with Crippen molar-refractivity contribution in [2.24, 2.45) is 10.3 Å². The third-order valence-corrected chi connectivity index (χ3v) is 4.38. The number of benzene rings is 2. The van der Waals surface area contributed by atoms with E-state index >= 15 is 0 Å². The smallest absolute Gasteiger partial charge is 0.263 e. The van der Waals surface area contributed by atoms with Crippen LogP contribution in [0.4, 0.5) is 5.69 Å². The second kappa shape index (κ2) is 5.72. The van der Waals surface area contributed by atoms with E-state index in [1.165, 1.54) is 4.90 Å². The lowest BCUT2D eigenvalue weighted by atomic mass is 10.1. The molecule has 4 rings (SSSR count). The first-order valence-electron chi connectivity index (χ1n) is 7.50. The summed E-state index contributed by atoms with van der Waals surface area (Å²) in [6, 6.07) is 14.7. The first-order valence-corrected chi connectivity index (χ1v) is 7.87. The van der Waals surface area contributed by atoms with E-state index in [4.69, 9.17) is 11.6 Å². The SMILES string of the molecule is O=C1[C@@H]2N=NN(Cc3ccc(Cl)cc3)[C@H]2C(=O)N1c1ccccc1. The monoisotopic (exact) mass is 340 g/mol. The van der Waals surface area contributed by atoms with Crippen LogP contribution in [-0.2, 0) is 16.1 Å². The highest BCUT2D eigenvalue weighted by molar-refractivity contribution is 6.30. The van der Waals surface area contributed by atoms with Crippen LogP contribution in [-0.4, -0.2) is 28.9 Å². The maximum absolute atomic E-state index is 12.8. The molecule has 0 N–H and O–H groups in total. The molecule has 2 aliphatic rings. The number of carbonyl (C=O) groups excluding carboxylic acids is 2. The van der Waals surface area contributed by atoms with Crippen molar-refractivity contribution in [3.8, 4) is 0 Å². The Labute approximate surface area is 143 Å². The number of rotatable bonds is 3. The van der Waals surface area contributed by atoms with Gasteiger partial charge in [-0.25, -0.2) is 4.90 Å². The molecule has 6 nitrogen and oxygen atoms in total. The molecule has 0 unspecified atom stereocenters. The highest BCUT2D eigenvalue weighted by Gasteiger charge is 2.54. The minimum Gasteiger partial charge on any atom is -0.271 e. The second-order valence-corrected chi connectivity index (χ2v) is 6.10. The van der Waals surface area contributed by atoms with Crippen molar-refractivity contribution < 1.29 is 9.59 Å². The molecule has 0 radical (unpaired) electrons. The Morgan fingerprint density at radius 3 is 2.38 bits per heavy atom. The number of carbonyl (C=O) groups is 2. The standard InChI is InChI=1S/C17H13ClN4O2/c18-12-8-6-11(7-9-12)10-21-15-14(19-20-21)16(23)22(17(15)24)13-4-2-1-3-5-13/h1-9,14-15H,10H2/t14-,15-/m1/s1. The predicted molar refractivity (Wildman–Crippen MR) is 88.4 cm³/mol. The Hall–Kier alpha value is -2.73. The Kier molecular flexibility index (Phi) is 3.54. The average molecular weight is 341 g/mol. The lowest BCUT2D eigenvalue weighted by Gasteiger charge is -2.20. The van der Waals surface area contributed by atoms with Gasteiger partial charge in [0.1, 0.15) is 0 Å². The van der Waals surface area contributed by atoms with E-state index in [9.17, 15) is 9.59 Å². The Morgan fingerprint density at radius 2 is 1.67 bits per heavy atom. The van der Waals surface area contributed by atoms with E-state index < -0.39 is 12.1 Å². The molecule has 2 aromatic rings. The molecule has 2 aromatic carbocycles. The van der Waals surface area contributed by atoms with Gasteiger partial charge >= 0.3 is 0 Å². The quantitative estimate of drug-likeness (QED) is 0.807. The molecule has 0 bridgehead atoms. The van der Waals surface area contributed by atoms with Gasteiger partial charge in [-0.15, -0.1) is 0 Å². The van der Waals surface area contributed by atoms with E-state index in [0.717, 1.165) is 5.56 Å². The van der Waals surface area contributed by atoms with Crippen LogP contribution in [0, 0.1) is 0 Å². The Balaban J connectivity index is 1.59. The molecular weight excluding hydrogens is 328 g/mol. The molecule has 2 amide bonds. The van der Waals surface area contributed by atoms with E-state index in [1.54, 1.807) is 41.4 Å². The summed E-state index contributed by atoms with van der Waals surface area (Å²) < 4.78 is 0. The molecule has 7 heteroatoms. The lowest BCUT2D eigenvalue weighted by molar-refractivity contribution is -0.123. The van der Waals surface area contributed by atoms with Crippen LogP contribution in [0.15, 0.2) is 64.9 Å². The lowest BCUT2D eigenvalue weighted by Crippen LogP contribution is -2.39. The molecule has 2 aliphatic heterocycles. The van der Waals surface area contributed by atoms with Gasteiger partial charge in [0.2, 0.25) is 0 Å². The zero-order valence-electron chi connectivity index (χ0n) is 12.5. The summed E-state index contributed by atoms with van der Waals surface area (Å²) in [7, 11) is 0. The van der Waals surface area contributed by atoms with Gasteiger partial charge in [0, 0.05) is 5.02 Å². The minimum atomic E-state index is -0.773. The van der Waals surface area contributed by atoms with Gasteiger partial charge in [0.25, 0.3) is 11.8 Å². The van der Waals surface area contributed by atoms with Crippen molar-refractivity contribution in [3.05, 3.63) is 65.2 Å². The molecule has 1 saturated heterocycles.